The van der Waals surface area contributed by atoms with E-state index in [2.05, 4.69) is 33.1 Å². The molecule has 0 saturated carbocycles. The zero-order chi connectivity index (χ0) is 21.9. The number of hydrogen-bond acceptors (Lipinski definition) is 4. The molecule has 32 heavy (non-hydrogen) atoms. The smallest absolute Gasteiger partial charge is 0.244 e. The molecule has 4 aromatic rings. The van der Waals surface area contributed by atoms with Crippen LogP contribution in [0.4, 0.5) is 5.69 Å². The maximum atomic E-state index is 12.7. The summed E-state index contributed by atoms with van der Waals surface area (Å²) in [6, 6.07) is 16.1. The number of fused-ring (bicyclic) bond motifs is 2. The molecule has 1 N–H and O–H groups in total. The van der Waals surface area contributed by atoms with Crippen LogP contribution in [0, 0.1) is 0 Å². The summed E-state index contributed by atoms with van der Waals surface area (Å²) >= 11 is 0. The Morgan fingerprint density at radius 1 is 0.938 bits per heavy atom. The number of methoxy groups -OCH3 is 1. The number of ether oxygens (including phenoxy) is 2. The van der Waals surface area contributed by atoms with Crippen LogP contribution < -0.4 is 10.1 Å². The number of anilines is 1. The van der Waals surface area contributed by atoms with E-state index in [1.54, 1.807) is 7.11 Å². The molecule has 0 unspecified atom stereocenters. The predicted octanol–water partition coefficient (Wildman–Crippen LogP) is 3.58. The van der Waals surface area contributed by atoms with Crippen molar-refractivity contribution in [1.29, 1.82) is 0 Å². The van der Waals surface area contributed by atoms with Gasteiger partial charge >= 0.3 is 0 Å². The largest absolute Gasteiger partial charge is 0.497 e. The fourth-order valence-electron chi connectivity index (χ4n) is 4.35. The van der Waals surface area contributed by atoms with Gasteiger partial charge in [-0.2, -0.15) is 0 Å². The third-order valence-electron chi connectivity index (χ3n) is 6.11. The van der Waals surface area contributed by atoms with E-state index in [4.69, 9.17) is 9.47 Å². The van der Waals surface area contributed by atoms with E-state index in [-0.39, 0.29) is 12.5 Å². The van der Waals surface area contributed by atoms with Crippen molar-refractivity contribution in [2.45, 2.75) is 13.1 Å². The van der Waals surface area contributed by atoms with Crippen LogP contribution in [0.2, 0.25) is 0 Å². The number of benzene rings is 2. The number of nitrogens with one attached hydrogen (secondary N) is 1. The summed E-state index contributed by atoms with van der Waals surface area (Å²) in [6.07, 6.45) is 4.05. The Hall–Kier alpha value is -3.29. The summed E-state index contributed by atoms with van der Waals surface area (Å²) in [5.74, 6) is 0.759. The second-order valence-corrected chi connectivity index (χ2v) is 8.15. The van der Waals surface area contributed by atoms with Crippen LogP contribution in [0.25, 0.3) is 21.8 Å². The van der Waals surface area contributed by atoms with Gasteiger partial charge in [-0.05, 0) is 48.5 Å². The van der Waals surface area contributed by atoms with Crippen molar-refractivity contribution in [3.05, 3.63) is 60.9 Å². The maximum Gasteiger partial charge on any atom is 0.244 e. The van der Waals surface area contributed by atoms with Crippen molar-refractivity contribution in [2.75, 3.05) is 45.3 Å². The van der Waals surface area contributed by atoms with Crippen LogP contribution in [0.1, 0.15) is 0 Å². The van der Waals surface area contributed by atoms with Crippen LogP contribution in [0.15, 0.2) is 60.9 Å². The first-order chi connectivity index (χ1) is 15.7. The maximum absolute atomic E-state index is 12.7. The molecule has 0 aliphatic carbocycles. The summed E-state index contributed by atoms with van der Waals surface area (Å²) in [4.78, 5) is 15.1. The summed E-state index contributed by atoms with van der Waals surface area (Å²) in [6.45, 7) is 5.86. The van der Waals surface area contributed by atoms with Gasteiger partial charge in [-0.15, -0.1) is 0 Å². The van der Waals surface area contributed by atoms with Gasteiger partial charge in [0, 0.05) is 66.1 Å². The van der Waals surface area contributed by atoms with E-state index in [0.29, 0.717) is 0 Å². The summed E-state index contributed by atoms with van der Waals surface area (Å²) < 4.78 is 14.9. The molecule has 3 heterocycles. The molecular weight excluding hydrogens is 404 g/mol. The minimum absolute atomic E-state index is 0.0515. The Kier molecular flexibility index (Phi) is 5.83. The van der Waals surface area contributed by atoms with Gasteiger partial charge in [0.1, 0.15) is 12.3 Å². The Labute approximate surface area is 187 Å². The van der Waals surface area contributed by atoms with Crippen molar-refractivity contribution in [3.8, 4) is 5.75 Å². The second-order valence-electron chi connectivity index (χ2n) is 8.15. The summed E-state index contributed by atoms with van der Waals surface area (Å²) in [5, 5.41) is 5.22. The van der Waals surface area contributed by atoms with Gasteiger partial charge in [0.25, 0.3) is 0 Å². The van der Waals surface area contributed by atoms with Crippen molar-refractivity contribution < 1.29 is 14.3 Å². The number of hydrogen-bond donors (Lipinski definition) is 1. The molecule has 0 spiro atoms. The highest BCUT2D eigenvalue weighted by Gasteiger charge is 2.12. The lowest BCUT2D eigenvalue weighted by Gasteiger charge is -2.26. The van der Waals surface area contributed by atoms with E-state index in [0.717, 1.165) is 67.1 Å². The van der Waals surface area contributed by atoms with Gasteiger partial charge < -0.3 is 23.9 Å². The van der Waals surface area contributed by atoms with E-state index in [9.17, 15) is 4.79 Å². The highest BCUT2D eigenvalue weighted by atomic mass is 16.5. The fraction of sp³-hybridized carbons (Fsp3) is 0.320. The molecule has 1 saturated heterocycles. The van der Waals surface area contributed by atoms with Gasteiger partial charge in [-0.25, -0.2) is 0 Å². The van der Waals surface area contributed by atoms with Crippen molar-refractivity contribution in [3.63, 3.8) is 0 Å². The highest BCUT2D eigenvalue weighted by molar-refractivity contribution is 5.94. The van der Waals surface area contributed by atoms with Crippen LogP contribution in [0.5, 0.6) is 5.75 Å². The average molecular weight is 433 g/mol. The summed E-state index contributed by atoms with van der Waals surface area (Å²) in [7, 11) is 1.65. The number of morpholine rings is 1. The van der Waals surface area contributed by atoms with E-state index >= 15 is 0 Å². The molecule has 1 amide bonds. The fourth-order valence-corrected chi connectivity index (χ4v) is 4.35. The van der Waals surface area contributed by atoms with Crippen LogP contribution in [-0.2, 0) is 22.6 Å². The van der Waals surface area contributed by atoms with Gasteiger partial charge in [-0.1, -0.05) is 0 Å². The van der Waals surface area contributed by atoms with Gasteiger partial charge in [0.15, 0.2) is 0 Å². The van der Waals surface area contributed by atoms with Crippen molar-refractivity contribution in [2.24, 2.45) is 0 Å². The van der Waals surface area contributed by atoms with Crippen LogP contribution in [0.3, 0.4) is 0 Å². The van der Waals surface area contributed by atoms with E-state index < -0.39 is 0 Å². The van der Waals surface area contributed by atoms with Crippen molar-refractivity contribution in [1.82, 2.24) is 14.0 Å². The monoisotopic (exact) mass is 432 g/mol. The zero-order valence-electron chi connectivity index (χ0n) is 18.3. The molecule has 1 aliphatic heterocycles. The zero-order valence-corrected chi connectivity index (χ0v) is 18.3. The van der Waals surface area contributed by atoms with Gasteiger partial charge in [-0.3, -0.25) is 9.69 Å². The average Bonchev–Trinajstić information content (AvgIpc) is 3.41. The topological polar surface area (TPSA) is 60.7 Å². The standard InChI is InChI=1S/C25H28N4O3/c1-31-22-3-5-24-20(17-22)7-9-29(24)18-25(30)26-21-2-4-23-19(16-21)6-8-28(23)11-10-27-12-14-32-15-13-27/h2-9,16-17H,10-15,18H2,1H3,(H,26,30). The first-order valence-corrected chi connectivity index (χ1v) is 11.0. The Bertz CT molecular complexity index is 1240. The SMILES string of the molecule is COc1ccc2c(ccn2CC(=O)Nc2ccc3c(ccn3CCN3CCOCC3)c2)c1. The quantitative estimate of drug-likeness (QED) is 0.485. The first-order valence-electron chi connectivity index (χ1n) is 11.0. The molecule has 1 fully saturated rings. The molecule has 166 valence electrons. The number of carbonyl (C=O) groups is 1. The minimum Gasteiger partial charge on any atom is -0.497 e. The molecule has 1 aliphatic rings. The molecule has 5 rings (SSSR count). The predicted molar refractivity (Wildman–Crippen MR) is 126 cm³/mol. The minimum atomic E-state index is -0.0515. The number of amides is 1. The third kappa shape index (κ3) is 4.35. The molecule has 7 heteroatoms. The molecule has 2 aromatic carbocycles. The molecule has 0 radical (unpaired) electrons. The Balaban J connectivity index is 1.23. The molecule has 0 bridgehead atoms. The first kappa shape index (κ1) is 20.6. The highest BCUT2D eigenvalue weighted by Crippen LogP contribution is 2.23. The number of rotatable bonds is 7. The Morgan fingerprint density at radius 2 is 1.66 bits per heavy atom. The molecular formula is C25H28N4O3. The Morgan fingerprint density at radius 3 is 2.47 bits per heavy atom. The third-order valence-corrected chi connectivity index (χ3v) is 6.11. The van der Waals surface area contributed by atoms with Crippen LogP contribution in [-0.4, -0.2) is 59.9 Å². The lowest BCUT2D eigenvalue weighted by atomic mass is 10.2. The normalized spacial score (nSPS) is 14.8. The van der Waals surface area contributed by atoms with Gasteiger partial charge in [0.05, 0.1) is 20.3 Å². The lowest BCUT2D eigenvalue weighted by Crippen LogP contribution is -2.38. The number of carbonyl (C=O) groups excluding carboxylic acids is 1. The number of nitrogens with zero attached hydrogens (tertiary/aromatic N) is 3. The molecule has 7 nitrogen and oxygen atoms in total. The second kappa shape index (κ2) is 9.06. The summed E-state index contributed by atoms with van der Waals surface area (Å²) in [5.41, 5.74) is 3.00. The van der Waals surface area contributed by atoms with E-state index in [1.807, 2.05) is 47.2 Å². The van der Waals surface area contributed by atoms with Gasteiger partial charge in [0.2, 0.25) is 5.91 Å². The molecule has 0 atom stereocenters. The lowest BCUT2D eigenvalue weighted by molar-refractivity contribution is -0.116. The van der Waals surface area contributed by atoms with Crippen LogP contribution >= 0.6 is 0 Å². The van der Waals surface area contributed by atoms with E-state index in [1.165, 1.54) is 5.52 Å². The number of aromatic nitrogens is 2. The molecule has 2 aromatic heterocycles. The van der Waals surface area contributed by atoms with Crippen molar-refractivity contribution >= 4 is 33.4 Å².